The molecule has 0 saturated carbocycles. The van der Waals surface area contributed by atoms with Crippen molar-refractivity contribution in [1.82, 2.24) is 9.29 Å². The molecule has 0 atom stereocenters. The van der Waals surface area contributed by atoms with Crippen molar-refractivity contribution >= 4 is 21.1 Å². The topological polar surface area (TPSA) is 79.2 Å². The first kappa shape index (κ1) is 14.6. The van der Waals surface area contributed by atoms with E-state index in [1.165, 1.54) is 26.3 Å². The molecule has 0 radical (unpaired) electrons. The molecule has 2 heterocycles. The van der Waals surface area contributed by atoms with Gasteiger partial charge in [-0.2, -0.15) is 12.7 Å². The van der Waals surface area contributed by atoms with Gasteiger partial charge in [0.25, 0.3) is 10.2 Å². The predicted molar refractivity (Wildman–Crippen MR) is 84.3 cm³/mol. The summed E-state index contributed by atoms with van der Waals surface area (Å²) in [7, 11) is -3.55. The Kier molecular flexibility index (Phi) is 3.77. The number of aromatic amines is 1. The van der Waals surface area contributed by atoms with E-state index >= 15 is 0 Å². The molecule has 0 amide bonds. The first-order valence-electron chi connectivity index (χ1n) is 7.37. The summed E-state index contributed by atoms with van der Waals surface area (Å²) in [4.78, 5) is 3.39. The summed E-state index contributed by atoms with van der Waals surface area (Å²) in [6, 6.07) is 6.39. The molecule has 0 bridgehead atoms. The van der Waals surface area contributed by atoms with Gasteiger partial charge in [-0.25, -0.2) is 5.14 Å². The quantitative estimate of drug-likeness (QED) is 0.911. The number of hydrogen-bond donors (Lipinski definition) is 2. The van der Waals surface area contributed by atoms with Gasteiger partial charge in [0, 0.05) is 30.2 Å². The molecular weight excluding hydrogens is 286 g/mol. The standard InChI is InChI=1S/C15H21N3O2S/c1-2-11-4-3-5-13-14(10-17-15(11)13)12-6-8-18(9-7-12)21(16,19)20/h3-5,10,12,17H,2,6-9H2,1H3,(H2,16,19,20). The van der Waals surface area contributed by atoms with E-state index in [0.29, 0.717) is 19.0 Å². The zero-order valence-corrected chi connectivity index (χ0v) is 13.0. The fourth-order valence-electron chi connectivity index (χ4n) is 3.29. The number of nitrogens with two attached hydrogens (primary N) is 1. The average molecular weight is 307 g/mol. The molecule has 0 unspecified atom stereocenters. The lowest BCUT2D eigenvalue weighted by Crippen LogP contribution is -2.41. The molecule has 1 saturated heterocycles. The second-order valence-electron chi connectivity index (χ2n) is 5.66. The molecule has 3 N–H and O–H groups in total. The molecule has 1 aromatic heterocycles. The molecule has 6 heteroatoms. The van der Waals surface area contributed by atoms with Crippen LogP contribution in [0.3, 0.4) is 0 Å². The zero-order valence-electron chi connectivity index (χ0n) is 12.2. The molecule has 1 aliphatic heterocycles. The van der Waals surface area contributed by atoms with Crippen molar-refractivity contribution in [3.05, 3.63) is 35.5 Å². The summed E-state index contributed by atoms with van der Waals surface area (Å²) in [6.07, 6.45) is 4.72. The number of fused-ring (bicyclic) bond motifs is 1. The van der Waals surface area contributed by atoms with Gasteiger partial charge in [0.05, 0.1) is 0 Å². The third-order valence-corrected chi connectivity index (χ3v) is 5.55. The van der Waals surface area contributed by atoms with Crippen LogP contribution >= 0.6 is 0 Å². The lowest BCUT2D eigenvalue weighted by atomic mass is 9.89. The number of nitrogens with one attached hydrogen (secondary N) is 1. The van der Waals surface area contributed by atoms with E-state index in [-0.39, 0.29) is 0 Å². The molecule has 1 aromatic carbocycles. The van der Waals surface area contributed by atoms with Crippen LogP contribution < -0.4 is 5.14 Å². The summed E-state index contributed by atoms with van der Waals surface area (Å²) in [6.45, 7) is 3.16. The summed E-state index contributed by atoms with van der Waals surface area (Å²) < 4.78 is 24.1. The molecule has 1 fully saturated rings. The summed E-state index contributed by atoms with van der Waals surface area (Å²) >= 11 is 0. The van der Waals surface area contributed by atoms with Gasteiger partial charge >= 0.3 is 0 Å². The Hall–Kier alpha value is -1.37. The largest absolute Gasteiger partial charge is 0.361 e. The van der Waals surface area contributed by atoms with Crippen LogP contribution in [-0.2, 0) is 16.6 Å². The van der Waals surface area contributed by atoms with E-state index in [9.17, 15) is 8.42 Å². The zero-order chi connectivity index (χ0) is 15.0. The number of para-hydroxylation sites is 1. The maximum atomic E-state index is 11.4. The minimum atomic E-state index is -3.55. The Morgan fingerprint density at radius 3 is 2.67 bits per heavy atom. The van der Waals surface area contributed by atoms with E-state index in [4.69, 9.17) is 5.14 Å². The van der Waals surface area contributed by atoms with Crippen molar-refractivity contribution in [3.63, 3.8) is 0 Å². The molecule has 3 rings (SSSR count). The molecule has 0 spiro atoms. The van der Waals surface area contributed by atoms with Crippen molar-refractivity contribution in [2.45, 2.75) is 32.1 Å². The number of piperidine rings is 1. The molecule has 0 aliphatic carbocycles. The van der Waals surface area contributed by atoms with Gasteiger partial charge in [-0.3, -0.25) is 0 Å². The fraction of sp³-hybridized carbons (Fsp3) is 0.467. The number of hydrogen-bond acceptors (Lipinski definition) is 2. The highest BCUT2D eigenvalue weighted by Crippen LogP contribution is 2.34. The predicted octanol–water partition coefficient (Wildman–Crippen LogP) is 2.11. The van der Waals surface area contributed by atoms with Crippen LogP contribution in [0.15, 0.2) is 24.4 Å². The average Bonchev–Trinajstić information content (AvgIpc) is 2.90. The van der Waals surface area contributed by atoms with Gasteiger partial charge in [0.2, 0.25) is 0 Å². The van der Waals surface area contributed by atoms with Crippen LogP contribution in [0.25, 0.3) is 10.9 Å². The number of aromatic nitrogens is 1. The monoisotopic (exact) mass is 307 g/mol. The highest BCUT2D eigenvalue weighted by Gasteiger charge is 2.27. The van der Waals surface area contributed by atoms with Crippen molar-refractivity contribution in [2.75, 3.05) is 13.1 Å². The summed E-state index contributed by atoms with van der Waals surface area (Å²) in [5.41, 5.74) is 3.83. The van der Waals surface area contributed by atoms with Gasteiger partial charge in [-0.15, -0.1) is 0 Å². The second kappa shape index (κ2) is 5.44. The molecule has 5 nitrogen and oxygen atoms in total. The summed E-state index contributed by atoms with van der Waals surface area (Å²) in [5.74, 6) is 0.392. The smallest absolute Gasteiger partial charge is 0.276 e. The van der Waals surface area contributed by atoms with E-state index in [2.05, 4.69) is 36.3 Å². The van der Waals surface area contributed by atoms with Gasteiger partial charge in [0.15, 0.2) is 0 Å². The maximum absolute atomic E-state index is 11.4. The van der Waals surface area contributed by atoms with Gasteiger partial charge in [0.1, 0.15) is 0 Å². The number of rotatable bonds is 3. The number of nitrogens with zero attached hydrogens (tertiary/aromatic N) is 1. The van der Waals surface area contributed by atoms with Gasteiger partial charge in [-0.05, 0) is 36.3 Å². The number of benzene rings is 1. The third-order valence-electron chi connectivity index (χ3n) is 4.47. The van der Waals surface area contributed by atoms with Gasteiger partial charge in [-0.1, -0.05) is 25.1 Å². The first-order chi connectivity index (χ1) is 10.0. The van der Waals surface area contributed by atoms with Crippen LogP contribution in [0.5, 0.6) is 0 Å². The Bertz CT molecular complexity index is 743. The van der Waals surface area contributed by atoms with Crippen molar-refractivity contribution in [2.24, 2.45) is 5.14 Å². The SMILES string of the molecule is CCc1cccc2c(C3CCN(S(N)(=O)=O)CC3)c[nH]c12. The van der Waals surface area contributed by atoms with Crippen LogP contribution in [-0.4, -0.2) is 30.8 Å². The number of aryl methyl sites for hydroxylation is 1. The highest BCUT2D eigenvalue weighted by molar-refractivity contribution is 7.86. The van der Waals surface area contributed by atoms with E-state index in [0.717, 1.165) is 19.3 Å². The highest BCUT2D eigenvalue weighted by atomic mass is 32.2. The Morgan fingerprint density at radius 2 is 2.05 bits per heavy atom. The van der Waals surface area contributed by atoms with Crippen LogP contribution in [0.1, 0.15) is 36.8 Å². The van der Waals surface area contributed by atoms with E-state index < -0.39 is 10.2 Å². The van der Waals surface area contributed by atoms with Crippen LogP contribution in [0, 0.1) is 0 Å². The third kappa shape index (κ3) is 2.71. The summed E-state index contributed by atoms with van der Waals surface area (Å²) in [5, 5.41) is 6.46. The lowest BCUT2D eigenvalue weighted by molar-refractivity contribution is 0.320. The molecule has 114 valence electrons. The van der Waals surface area contributed by atoms with E-state index in [1.807, 2.05) is 0 Å². The molecule has 2 aromatic rings. The lowest BCUT2D eigenvalue weighted by Gasteiger charge is -2.29. The minimum Gasteiger partial charge on any atom is -0.361 e. The fourth-order valence-corrected chi connectivity index (χ4v) is 4.01. The van der Waals surface area contributed by atoms with Crippen molar-refractivity contribution in [1.29, 1.82) is 0 Å². The first-order valence-corrected chi connectivity index (χ1v) is 8.87. The van der Waals surface area contributed by atoms with Gasteiger partial charge < -0.3 is 4.98 Å². The van der Waals surface area contributed by atoms with Crippen molar-refractivity contribution in [3.8, 4) is 0 Å². The van der Waals surface area contributed by atoms with Crippen LogP contribution in [0.2, 0.25) is 0 Å². The Morgan fingerprint density at radius 1 is 1.33 bits per heavy atom. The Labute approximate surface area is 125 Å². The van der Waals surface area contributed by atoms with Crippen molar-refractivity contribution < 1.29 is 8.42 Å². The molecular formula is C15H21N3O2S. The second-order valence-corrected chi connectivity index (χ2v) is 7.20. The molecule has 21 heavy (non-hydrogen) atoms. The normalized spacial score (nSPS) is 18.4. The minimum absolute atomic E-state index is 0.392. The number of H-pyrrole nitrogens is 1. The van der Waals surface area contributed by atoms with E-state index in [1.54, 1.807) is 0 Å². The van der Waals surface area contributed by atoms with Crippen LogP contribution in [0.4, 0.5) is 0 Å². The molecule has 1 aliphatic rings. The Balaban J connectivity index is 1.86. The maximum Gasteiger partial charge on any atom is 0.276 e.